The van der Waals surface area contributed by atoms with Gasteiger partial charge in [0.1, 0.15) is 12.6 Å². The van der Waals surface area contributed by atoms with Crippen LogP contribution in [-0.4, -0.2) is 51.0 Å². The number of rotatable bonds is 8. The number of carbonyl (C=O) groups is 2. The lowest BCUT2D eigenvalue weighted by Crippen LogP contribution is -2.50. The van der Waals surface area contributed by atoms with Crippen molar-refractivity contribution in [2.75, 3.05) is 24.2 Å². The third-order valence-corrected chi connectivity index (χ3v) is 6.49. The Kier molecular flexibility index (Phi) is 8.28. The predicted molar refractivity (Wildman–Crippen MR) is 122 cm³/mol. The number of sulfonamides is 1. The van der Waals surface area contributed by atoms with Gasteiger partial charge in [0.2, 0.25) is 21.8 Å². The number of hydrogen-bond donors (Lipinski definition) is 1. The summed E-state index contributed by atoms with van der Waals surface area (Å²) in [5.74, 6) is -0.903. The Balaban J connectivity index is 2.40. The standard InChI is InChI=1S/C20H23BrClN3O4S/c1-14(20(27)23-2)24(12-15-7-4-5-10-18(15)22)19(26)13-25(30(3,28)29)17-9-6-8-16(21)11-17/h4-11,14H,12-13H2,1-3H3,(H,23,27)/t14-/m0/s1. The van der Waals surface area contributed by atoms with E-state index in [2.05, 4.69) is 21.2 Å². The molecule has 2 rings (SSSR count). The molecular formula is C20H23BrClN3O4S. The summed E-state index contributed by atoms with van der Waals surface area (Å²) in [6.07, 6.45) is 1.03. The molecule has 0 fully saturated rings. The molecule has 1 N–H and O–H groups in total. The number of carbonyl (C=O) groups excluding carboxylic acids is 2. The molecule has 0 heterocycles. The second kappa shape index (κ2) is 10.3. The minimum absolute atomic E-state index is 0.0587. The van der Waals surface area contributed by atoms with Crippen molar-refractivity contribution in [2.24, 2.45) is 0 Å². The van der Waals surface area contributed by atoms with E-state index in [1.165, 1.54) is 11.9 Å². The summed E-state index contributed by atoms with van der Waals surface area (Å²) in [4.78, 5) is 26.8. The number of nitrogens with zero attached hydrogens (tertiary/aromatic N) is 2. The van der Waals surface area contributed by atoms with Crippen molar-refractivity contribution in [2.45, 2.75) is 19.5 Å². The van der Waals surface area contributed by atoms with Crippen LogP contribution in [-0.2, 0) is 26.2 Å². The van der Waals surface area contributed by atoms with Gasteiger partial charge in [0.05, 0.1) is 11.9 Å². The lowest BCUT2D eigenvalue weighted by molar-refractivity contribution is -0.139. The van der Waals surface area contributed by atoms with Crippen LogP contribution in [0.5, 0.6) is 0 Å². The monoisotopic (exact) mass is 515 g/mol. The minimum Gasteiger partial charge on any atom is -0.357 e. The van der Waals surface area contributed by atoms with Crippen LogP contribution in [0.3, 0.4) is 0 Å². The van der Waals surface area contributed by atoms with Gasteiger partial charge < -0.3 is 10.2 Å². The van der Waals surface area contributed by atoms with Crippen LogP contribution in [0.1, 0.15) is 12.5 Å². The maximum absolute atomic E-state index is 13.2. The Morgan fingerprint density at radius 2 is 1.83 bits per heavy atom. The summed E-state index contributed by atoms with van der Waals surface area (Å²) in [6.45, 7) is 1.18. The van der Waals surface area contributed by atoms with E-state index in [4.69, 9.17) is 11.6 Å². The molecule has 0 unspecified atom stereocenters. The van der Waals surface area contributed by atoms with Crippen molar-refractivity contribution >= 4 is 55.1 Å². The fourth-order valence-corrected chi connectivity index (χ4v) is 4.27. The molecule has 0 saturated heterocycles. The van der Waals surface area contributed by atoms with E-state index in [0.717, 1.165) is 10.6 Å². The zero-order chi connectivity index (χ0) is 22.5. The third-order valence-electron chi connectivity index (χ3n) is 4.49. The highest BCUT2D eigenvalue weighted by atomic mass is 79.9. The maximum atomic E-state index is 13.2. The number of nitrogens with one attached hydrogen (secondary N) is 1. The first-order valence-corrected chi connectivity index (χ1v) is 12.0. The van der Waals surface area contributed by atoms with Crippen molar-refractivity contribution < 1.29 is 18.0 Å². The fourth-order valence-electron chi connectivity index (χ4n) is 2.85. The summed E-state index contributed by atoms with van der Waals surface area (Å²) >= 11 is 9.54. The van der Waals surface area contributed by atoms with Crippen molar-refractivity contribution in [1.82, 2.24) is 10.2 Å². The number of amides is 2. The van der Waals surface area contributed by atoms with Crippen LogP contribution < -0.4 is 9.62 Å². The van der Waals surface area contributed by atoms with Gasteiger partial charge >= 0.3 is 0 Å². The van der Waals surface area contributed by atoms with Gasteiger partial charge in [-0.15, -0.1) is 0 Å². The smallest absolute Gasteiger partial charge is 0.244 e. The van der Waals surface area contributed by atoms with Gasteiger partial charge in [0.15, 0.2) is 0 Å². The molecule has 0 aliphatic carbocycles. The highest BCUT2D eigenvalue weighted by molar-refractivity contribution is 9.10. The first-order valence-electron chi connectivity index (χ1n) is 9.02. The summed E-state index contributed by atoms with van der Waals surface area (Å²) in [6, 6.07) is 12.8. The van der Waals surface area contributed by atoms with Crippen LogP contribution in [0.4, 0.5) is 5.69 Å². The topological polar surface area (TPSA) is 86.8 Å². The first-order chi connectivity index (χ1) is 14.0. The summed E-state index contributed by atoms with van der Waals surface area (Å²) in [5, 5.41) is 2.97. The van der Waals surface area contributed by atoms with Gasteiger partial charge in [-0.1, -0.05) is 51.8 Å². The zero-order valence-electron chi connectivity index (χ0n) is 16.8. The molecular weight excluding hydrogens is 494 g/mol. The molecule has 2 amide bonds. The highest BCUT2D eigenvalue weighted by Gasteiger charge is 2.30. The molecule has 0 bridgehead atoms. The number of likely N-dealkylation sites (N-methyl/N-ethyl adjacent to an activating group) is 1. The Morgan fingerprint density at radius 1 is 1.17 bits per heavy atom. The van der Waals surface area contributed by atoms with Gasteiger partial charge in [-0.05, 0) is 36.8 Å². The zero-order valence-corrected chi connectivity index (χ0v) is 20.0. The number of benzene rings is 2. The van der Waals surface area contributed by atoms with Crippen LogP contribution in [0.15, 0.2) is 53.0 Å². The molecule has 0 aromatic heterocycles. The van der Waals surface area contributed by atoms with Crippen LogP contribution in [0, 0.1) is 0 Å². The molecule has 7 nitrogen and oxygen atoms in total. The van der Waals surface area contributed by atoms with Crippen molar-refractivity contribution in [3.63, 3.8) is 0 Å². The highest BCUT2D eigenvalue weighted by Crippen LogP contribution is 2.23. The Labute approximate surface area is 190 Å². The first kappa shape index (κ1) is 24.2. The van der Waals surface area contributed by atoms with E-state index in [1.54, 1.807) is 55.5 Å². The van der Waals surface area contributed by atoms with Gasteiger partial charge in [-0.25, -0.2) is 8.42 Å². The van der Waals surface area contributed by atoms with Crippen LogP contribution in [0.2, 0.25) is 5.02 Å². The SMILES string of the molecule is CNC(=O)[C@H](C)N(Cc1ccccc1Cl)C(=O)CN(c1cccc(Br)c1)S(C)(=O)=O. The molecule has 30 heavy (non-hydrogen) atoms. The second-order valence-electron chi connectivity index (χ2n) is 6.65. The predicted octanol–water partition coefficient (Wildman–Crippen LogP) is 3.03. The molecule has 0 saturated carbocycles. The van der Waals surface area contributed by atoms with Crippen molar-refractivity contribution in [3.8, 4) is 0 Å². The summed E-state index contributed by atoms with van der Waals surface area (Å²) in [7, 11) is -2.28. The fraction of sp³-hybridized carbons (Fsp3) is 0.300. The molecule has 0 aliphatic heterocycles. The Morgan fingerprint density at radius 3 is 2.40 bits per heavy atom. The molecule has 1 atom stereocenters. The lowest BCUT2D eigenvalue weighted by Gasteiger charge is -2.31. The lowest BCUT2D eigenvalue weighted by atomic mass is 10.1. The summed E-state index contributed by atoms with van der Waals surface area (Å²) in [5.41, 5.74) is 0.988. The van der Waals surface area contributed by atoms with Crippen LogP contribution in [0.25, 0.3) is 0 Å². The average Bonchev–Trinajstić information content (AvgIpc) is 2.69. The summed E-state index contributed by atoms with van der Waals surface area (Å²) < 4.78 is 26.5. The normalized spacial score (nSPS) is 12.2. The Bertz CT molecular complexity index is 1030. The van der Waals surface area contributed by atoms with E-state index in [-0.39, 0.29) is 12.5 Å². The maximum Gasteiger partial charge on any atom is 0.244 e. The second-order valence-corrected chi connectivity index (χ2v) is 9.88. The number of hydrogen-bond acceptors (Lipinski definition) is 4. The molecule has 0 radical (unpaired) electrons. The third kappa shape index (κ3) is 6.20. The molecule has 10 heteroatoms. The molecule has 0 aliphatic rings. The molecule has 2 aromatic carbocycles. The minimum atomic E-state index is -3.76. The largest absolute Gasteiger partial charge is 0.357 e. The number of halogens is 2. The van der Waals surface area contributed by atoms with Gasteiger partial charge in [-0.3, -0.25) is 13.9 Å². The van der Waals surface area contributed by atoms with E-state index in [0.29, 0.717) is 20.7 Å². The van der Waals surface area contributed by atoms with E-state index in [1.807, 2.05) is 0 Å². The molecule has 0 spiro atoms. The van der Waals surface area contributed by atoms with Crippen LogP contribution >= 0.6 is 27.5 Å². The average molecular weight is 517 g/mol. The van der Waals surface area contributed by atoms with E-state index >= 15 is 0 Å². The molecule has 2 aromatic rings. The van der Waals surface area contributed by atoms with Gasteiger partial charge in [0, 0.05) is 23.1 Å². The van der Waals surface area contributed by atoms with E-state index in [9.17, 15) is 18.0 Å². The number of anilines is 1. The molecule has 162 valence electrons. The van der Waals surface area contributed by atoms with E-state index < -0.39 is 28.5 Å². The van der Waals surface area contributed by atoms with Crippen molar-refractivity contribution in [3.05, 3.63) is 63.6 Å². The van der Waals surface area contributed by atoms with Crippen molar-refractivity contribution in [1.29, 1.82) is 0 Å². The Hall–Kier alpha value is -2.10. The van der Waals surface area contributed by atoms with Gasteiger partial charge in [0.25, 0.3) is 0 Å². The quantitative estimate of drug-likeness (QED) is 0.584. The van der Waals surface area contributed by atoms with Gasteiger partial charge in [-0.2, -0.15) is 0 Å².